The molecule has 2 N–H and O–H groups in total. The Morgan fingerprint density at radius 1 is 0.789 bits per heavy atom. The van der Waals surface area contributed by atoms with E-state index in [1.54, 1.807) is 12.1 Å². The number of hydrogen-bond acceptors (Lipinski definition) is 5. The quantitative estimate of drug-likeness (QED) is 0.234. The molecule has 7 heteroatoms. The van der Waals surface area contributed by atoms with E-state index >= 15 is 0 Å². The van der Waals surface area contributed by atoms with Gasteiger partial charge in [0.05, 0.1) is 0 Å². The molecular weight excluding hydrogens is 494 g/mol. The maximum absolute atomic E-state index is 12.7. The third kappa shape index (κ3) is 4.67. The van der Waals surface area contributed by atoms with Gasteiger partial charge in [0.1, 0.15) is 11.3 Å². The average Bonchev–Trinajstić information content (AvgIpc) is 3.58. The molecule has 0 aliphatic rings. The van der Waals surface area contributed by atoms with Gasteiger partial charge in [0.15, 0.2) is 16.5 Å². The lowest BCUT2D eigenvalue weighted by atomic mass is 10.1. The lowest BCUT2D eigenvalue weighted by Gasteiger charge is -2.08. The number of carbonyl (C=O) groups excluding carboxylic acids is 1. The Morgan fingerprint density at radius 3 is 2.45 bits per heavy atom. The van der Waals surface area contributed by atoms with Crippen LogP contribution in [0.5, 0.6) is 0 Å². The summed E-state index contributed by atoms with van der Waals surface area (Å²) in [6.07, 6.45) is 0. The number of aryl methyl sites for hydroxylation is 2. The fourth-order valence-electron chi connectivity index (χ4n) is 4.29. The second-order valence-corrected chi connectivity index (χ2v) is 9.54. The summed E-state index contributed by atoms with van der Waals surface area (Å²) in [5.74, 6) is 0.903. The van der Waals surface area contributed by atoms with Crippen LogP contribution in [0.4, 0.5) is 5.69 Å². The zero-order valence-electron chi connectivity index (χ0n) is 20.7. The zero-order valence-corrected chi connectivity index (χ0v) is 21.6. The molecule has 1 amide bonds. The normalized spacial score (nSPS) is 11.1. The van der Waals surface area contributed by atoms with E-state index in [1.807, 2.05) is 61.5 Å². The second-order valence-electron chi connectivity index (χ2n) is 9.13. The number of nitrogens with zero attached hydrogens (tertiary/aromatic N) is 1. The molecule has 0 bridgehead atoms. The number of thiocarbonyl (C=S) groups is 1. The van der Waals surface area contributed by atoms with Gasteiger partial charge in [0, 0.05) is 16.8 Å². The molecule has 0 saturated heterocycles. The van der Waals surface area contributed by atoms with E-state index in [4.69, 9.17) is 21.1 Å². The highest BCUT2D eigenvalue weighted by atomic mass is 32.1. The molecule has 0 saturated carbocycles. The van der Waals surface area contributed by atoms with Crippen LogP contribution in [-0.2, 0) is 0 Å². The van der Waals surface area contributed by atoms with Crippen molar-refractivity contribution in [2.45, 2.75) is 13.8 Å². The van der Waals surface area contributed by atoms with Crippen molar-refractivity contribution in [3.63, 3.8) is 0 Å². The monoisotopic (exact) mass is 517 g/mol. The Morgan fingerprint density at radius 2 is 1.61 bits per heavy atom. The van der Waals surface area contributed by atoms with Gasteiger partial charge >= 0.3 is 0 Å². The van der Waals surface area contributed by atoms with Crippen LogP contribution in [0.2, 0.25) is 0 Å². The van der Waals surface area contributed by atoms with Crippen LogP contribution >= 0.6 is 12.2 Å². The Kier molecular flexibility index (Phi) is 5.98. The average molecular weight is 518 g/mol. The van der Waals surface area contributed by atoms with Gasteiger partial charge in [-0.2, -0.15) is 0 Å². The van der Waals surface area contributed by atoms with E-state index in [9.17, 15) is 4.79 Å². The van der Waals surface area contributed by atoms with E-state index < -0.39 is 5.91 Å². The number of benzene rings is 4. The van der Waals surface area contributed by atoms with Crippen molar-refractivity contribution < 1.29 is 13.6 Å². The molecule has 0 aliphatic heterocycles. The first kappa shape index (κ1) is 23.6. The first-order chi connectivity index (χ1) is 18.4. The molecule has 186 valence electrons. The van der Waals surface area contributed by atoms with Crippen LogP contribution < -0.4 is 10.6 Å². The molecule has 6 rings (SSSR count). The Labute approximate surface area is 224 Å². The number of nitrogens with one attached hydrogen (secondary N) is 2. The Bertz CT molecular complexity index is 1850. The largest absolute Gasteiger partial charge is 0.451 e. The molecule has 0 aliphatic carbocycles. The fraction of sp³-hybridized carbons (Fsp3) is 0.0645. The number of carbonyl (C=O) groups is 1. The summed E-state index contributed by atoms with van der Waals surface area (Å²) in [5, 5.41) is 8.13. The van der Waals surface area contributed by atoms with Crippen LogP contribution in [0.3, 0.4) is 0 Å². The number of anilines is 1. The Hall–Kier alpha value is -4.75. The number of fused-ring (bicyclic) bond motifs is 2. The predicted molar refractivity (Wildman–Crippen MR) is 154 cm³/mol. The maximum Gasteiger partial charge on any atom is 0.293 e. The van der Waals surface area contributed by atoms with Gasteiger partial charge in [-0.3, -0.25) is 10.1 Å². The van der Waals surface area contributed by atoms with Gasteiger partial charge in [-0.15, -0.1) is 0 Å². The topological polar surface area (TPSA) is 80.3 Å². The van der Waals surface area contributed by atoms with E-state index in [-0.39, 0.29) is 10.9 Å². The van der Waals surface area contributed by atoms with Crippen molar-refractivity contribution in [3.8, 4) is 22.8 Å². The molecule has 0 atom stereocenters. The van der Waals surface area contributed by atoms with Crippen LogP contribution in [0, 0.1) is 13.8 Å². The first-order valence-corrected chi connectivity index (χ1v) is 12.5. The molecule has 0 spiro atoms. The number of hydrogen-bond donors (Lipinski definition) is 2. The van der Waals surface area contributed by atoms with Gasteiger partial charge in [-0.05, 0) is 96.5 Å². The SMILES string of the molecule is Cc1ccc(-c2ccc(C(=O)NC(=S)Nc3ccc4oc(-c5ccc6ccccc6c5)nc4c3)o2)cc1C. The van der Waals surface area contributed by atoms with Crippen molar-refractivity contribution in [2.24, 2.45) is 0 Å². The number of oxazole rings is 1. The first-order valence-electron chi connectivity index (χ1n) is 12.1. The van der Waals surface area contributed by atoms with Crippen LogP contribution in [0.1, 0.15) is 21.7 Å². The lowest BCUT2D eigenvalue weighted by molar-refractivity contribution is 0.0951. The molecule has 2 aromatic heterocycles. The van der Waals surface area contributed by atoms with Crippen molar-refractivity contribution in [1.29, 1.82) is 0 Å². The number of furan rings is 1. The summed E-state index contributed by atoms with van der Waals surface area (Å²) in [6.45, 7) is 4.10. The summed E-state index contributed by atoms with van der Waals surface area (Å²) in [6, 6.07) is 29.2. The minimum absolute atomic E-state index is 0.150. The molecule has 0 radical (unpaired) electrons. The van der Waals surface area contributed by atoms with Gasteiger partial charge in [0.25, 0.3) is 5.91 Å². The van der Waals surface area contributed by atoms with E-state index in [1.165, 1.54) is 5.56 Å². The number of aromatic nitrogens is 1. The minimum atomic E-state index is -0.432. The molecule has 0 unspecified atom stereocenters. The molecule has 2 heterocycles. The van der Waals surface area contributed by atoms with Gasteiger partial charge in [-0.1, -0.05) is 42.5 Å². The van der Waals surface area contributed by atoms with Gasteiger partial charge < -0.3 is 14.2 Å². The molecular formula is C31H23N3O3S. The van der Waals surface area contributed by atoms with Crippen LogP contribution in [0.15, 0.2) is 99.8 Å². The second kappa shape index (κ2) is 9.61. The highest BCUT2D eigenvalue weighted by Crippen LogP contribution is 2.29. The van der Waals surface area contributed by atoms with E-state index in [0.717, 1.165) is 27.5 Å². The summed E-state index contributed by atoms with van der Waals surface area (Å²) >= 11 is 5.36. The molecule has 4 aromatic carbocycles. The molecule has 38 heavy (non-hydrogen) atoms. The molecule has 6 nitrogen and oxygen atoms in total. The predicted octanol–water partition coefficient (Wildman–Crippen LogP) is 7.65. The summed E-state index contributed by atoms with van der Waals surface area (Å²) in [7, 11) is 0. The molecule has 0 fully saturated rings. The lowest BCUT2D eigenvalue weighted by Crippen LogP contribution is -2.33. The third-order valence-electron chi connectivity index (χ3n) is 6.49. The minimum Gasteiger partial charge on any atom is -0.451 e. The van der Waals surface area contributed by atoms with Gasteiger partial charge in [-0.25, -0.2) is 4.98 Å². The number of rotatable bonds is 4. The van der Waals surface area contributed by atoms with Crippen molar-refractivity contribution in [1.82, 2.24) is 10.3 Å². The van der Waals surface area contributed by atoms with E-state index in [0.29, 0.717) is 28.4 Å². The summed E-state index contributed by atoms with van der Waals surface area (Å²) in [4.78, 5) is 17.4. The zero-order chi connectivity index (χ0) is 26.2. The van der Waals surface area contributed by atoms with Crippen LogP contribution in [0.25, 0.3) is 44.7 Å². The maximum atomic E-state index is 12.7. The van der Waals surface area contributed by atoms with Crippen molar-refractivity contribution in [3.05, 3.63) is 108 Å². The van der Waals surface area contributed by atoms with Crippen LogP contribution in [-0.4, -0.2) is 16.0 Å². The fourth-order valence-corrected chi connectivity index (χ4v) is 4.50. The Balaban J connectivity index is 1.15. The standard InChI is InChI=1S/C31H23N3O3S/c1-18-7-8-22(15-19(18)2)26-13-14-28(36-26)29(35)34-31(38)32-24-11-12-27-25(17-24)33-30(37-27)23-10-9-20-5-3-4-6-21(20)16-23/h3-17H,1-2H3,(H2,32,34,35,38). The van der Waals surface area contributed by atoms with E-state index in [2.05, 4.69) is 46.8 Å². The highest BCUT2D eigenvalue weighted by molar-refractivity contribution is 7.80. The third-order valence-corrected chi connectivity index (χ3v) is 6.69. The summed E-state index contributed by atoms with van der Waals surface area (Å²) in [5.41, 5.74) is 6.18. The van der Waals surface area contributed by atoms with Crippen molar-refractivity contribution >= 4 is 50.8 Å². The van der Waals surface area contributed by atoms with Gasteiger partial charge in [0.2, 0.25) is 5.89 Å². The van der Waals surface area contributed by atoms with Crippen molar-refractivity contribution in [2.75, 3.05) is 5.32 Å². The smallest absolute Gasteiger partial charge is 0.293 e. The highest BCUT2D eigenvalue weighted by Gasteiger charge is 2.15. The molecule has 6 aromatic rings. The summed E-state index contributed by atoms with van der Waals surface area (Å²) < 4.78 is 11.8. The number of amides is 1.